The van der Waals surface area contributed by atoms with Gasteiger partial charge < -0.3 is 4.57 Å². The predicted molar refractivity (Wildman–Crippen MR) is 90.7 cm³/mol. The molecule has 9 heteroatoms. The molecule has 136 valence electrons. The van der Waals surface area contributed by atoms with E-state index in [4.69, 9.17) is 28.1 Å². The van der Waals surface area contributed by atoms with E-state index in [1.54, 1.807) is 30.5 Å². The van der Waals surface area contributed by atoms with Gasteiger partial charge in [0, 0.05) is 24.6 Å². The number of hydrogen-bond acceptors (Lipinski definition) is 3. The topological polar surface area (TPSA) is 40.5 Å². The summed E-state index contributed by atoms with van der Waals surface area (Å²) in [5.41, 5.74) is -0.189. The standard InChI is InChI=1S/C17H10Cl2F3NO3/c1-9(24)25-26-12-3-2-10-4-5-23(15(10)8-12)16-13(18)6-11(7-14(16)19)17(20,21)22/h2-8H,1H3. The third-order valence-electron chi connectivity index (χ3n) is 3.50. The van der Waals surface area contributed by atoms with Gasteiger partial charge in [-0.05, 0) is 30.3 Å². The van der Waals surface area contributed by atoms with Crippen molar-refractivity contribution in [2.45, 2.75) is 13.1 Å². The van der Waals surface area contributed by atoms with Crippen molar-refractivity contribution in [2.75, 3.05) is 0 Å². The predicted octanol–water partition coefficient (Wildman–Crippen LogP) is 5.81. The molecule has 4 nitrogen and oxygen atoms in total. The fourth-order valence-electron chi connectivity index (χ4n) is 2.42. The van der Waals surface area contributed by atoms with Crippen LogP contribution in [0.5, 0.6) is 5.75 Å². The first kappa shape index (κ1) is 18.4. The number of benzene rings is 2. The summed E-state index contributed by atoms with van der Waals surface area (Å²) in [7, 11) is 0. The molecule has 0 radical (unpaired) electrons. The Morgan fingerprint density at radius 3 is 2.31 bits per heavy atom. The van der Waals surface area contributed by atoms with Crippen molar-refractivity contribution in [1.82, 2.24) is 4.57 Å². The largest absolute Gasteiger partial charge is 0.416 e. The Bertz CT molecular complexity index is 976. The molecule has 0 bridgehead atoms. The molecule has 0 N–H and O–H groups in total. The number of alkyl halides is 3. The van der Waals surface area contributed by atoms with Crippen molar-refractivity contribution in [2.24, 2.45) is 0 Å². The Morgan fingerprint density at radius 2 is 1.73 bits per heavy atom. The van der Waals surface area contributed by atoms with Crippen LogP contribution in [0.15, 0.2) is 42.6 Å². The summed E-state index contributed by atoms with van der Waals surface area (Å²) in [6.45, 7) is 1.18. The van der Waals surface area contributed by atoms with E-state index in [9.17, 15) is 18.0 Å². The van der Waals surface area contributed by atoms with Crippen LogP contribution >= 0.6 is 23.2 Å². The first-order chi connectivity index (χ1) is 12.2. The summed E-state index contributed by atoms with van der Waals surface area (Å²) in [6, 6.07) is 8.17. The van der Waals surface area contributed by atoms with Crippen LogP contribution < -0.4 is 4.89 Å². The fourth-order valence-corrected chi connectivity index (χ4v) is 3.09. The van der Waals surface area contributed by atoms with Gasteiger partial charge >= 0.3 is 12.1 Å². The first-order valence-corrected chi connectivity index (χ1v) is 7.95. The molecule has 3 rings (SSSR count). The Hall–Kier alpha value is -2.38. The minimum absolute atomic E-state index is 0.159. The third-order valence-corrected chi connectivity index (χ3v) is 4.08. The minimum atomic E-state index is -4.56. The molecule has 2 aromatic carbocycles. The zero-order chi connectivity index (χ0) is 19.1. The highest BCUT2D eigenvalue weighted by Gasteiger charge is 2.32. The van der Waals surface area contributed by atoms with Crippen molar-refractivity contribution in [3.05, 3.63) is 58.2 Å². The second kappa shape index (κ2) is 6.74. The van der Waals surface area contributed by atoms with E-state index in [1.165, 1.54) is 11.5 Å². The number of halogens is 5. The molecule has 0 saturated heterocycles. The molecule has 0 unspecified atom stereocenters. The van der Waals surface area contributed by atoms with Crippen molar-refractivity contribution in [1.29, 1.82) is 0 Å². The van der Waals surface area contributed by atoms with Gasteiger partial charge in [0.25, 0.3) is 0 Å². The molecule has 0 atom stereocenters. The van der Waals surface area contributed by atoms with Gasteiger partial charge in [-0.25, -0.2) is 4.79 Å². The first-order valence-electron chi connectivity index (χ1n) is 7.19. The second-order valence-corrected chi connectivity index (χ2v) is 6.17. The maximum atomic E-state index is 12.9. The van der Waals surface area contributed by atoms with Gasteiger partial charge in [0.15, 0.2) is 5.75 Å². The van der Waals surface area contributed by atoms with E-state index >= 15 is 0 Å². The quantitative estimate of drug-likeness (QED) is 0.409. The zero-order valence-electron chi connectivity index (χ0n) is 13.1. The number of nitrogens with zero attached hydrogens (tertiary/aromatic N) is 1. The van der Waals surface area contributed by atoms with Crippen LogP contribution in [0.25, 0.3) is 16.6 Å². The van der Waals surface area contributed by atoms with Gasteiger partial charge in [-0.3, -0.25) is 9.78 Å². The number of carbonyl (C=O) groups excluding carboxylic acids is 1. The molecule has 1 aromatic heterocycles. The molecule has 0 aliphatic heterocycles. The lowest BCUT2D eigenvalue weighted by molar-refractivity contribution is -0.210. The fraction of sp³-hybridized carbons (Fsp3) is 0.118. The molecule has 1 heterocycles. The van der Waals surface area contributed by atoms with Crippen LogP contribution in [0.1, 0.15) is 12.5 Å². The highest BCUT2D eigenvalue weighted by molar-refractivity contribution is 6.38. The minimum Gasteiger partial charge on any atom is -0.314 e. The van der Waals surface area contributed by atoms with Crippen LogP contribution in [-0.2, 0) is 15.9 Å². The van der Waals surface area contributed by atoms with Gasteiger partial charge in [-0.1, -0.05) is 23.2 Å². The summed E-state index contributed by atoms with van der Waals surface area (Å²) < 4.78 is 40.2. The lowest BCUT2D eigenvalue weighted by Gasteiger charge is -2.14. The number of fused-ring (bicyclic) bond motifs is 1. The monoisotopic (exact) mass is 403 g/mol. The normalized spacial score (nSPS) is 11.6. The highest BCUT2D eigenvalue weighted by Crippen LogP contribution is 2.39. The molecule has 0 fully saturated rings. The van der Waals surface area contributed by atoms with E-state index < -0.39 is 17.7 Å². The van der Waals surface area contributed by atoms with E-state index in [1.807, 2.05) is 0 Å². The summed E-state index contributed by atoms with van der Waals surface area (Å²) in [5.74, 6) is -0.402. The molecule has 0 aliphatic carbocycles. The summed E-state index contributed by atoms with van der Waals surface area (Å²) in [4.78, 5) is 20.2. The maximum absolute atomic E-state index is 12.9. The lowest BCUT2D eigenvalue weighted by Crippen LogP contribution is -2.06. The zero-order valence-corrected chi connectivity index (χ0v) is 14.6. The Labute approximate surface area is 155 Å². The molecule has 26 heavy (non-hydrogen) atoms. The van der Waals surface area contributed by atoms with Gasteiger partial charge in [-0.2, -0.15) is 13.2 Å². The number of carbonyl (C=O) groups is 1. The summed E-state index contributed by atoms with van der Waals surface area (Å²) >= 11 is 12.1. The SMILES string of the molecule is CC(=O)OOc1ccc2ccn(-c3c(Cl)cc(C(F)(F)F)cc3Cl)c2c1. The summed E-state index contributed by atoms with van der Waals surface area (Å²) in [5, 5.41) is 0.439. The maximum Gasteiger partial charge on any atom is 0.416 e. The Balaban J connectivity index is 2.10. The van der Waals surface area contributed by atoms with Crippen LogP contribution in [0, 0.1) is 0 Å². The smallest absolute Gasteiger partial charge is 0.314 e. The Kier molecular flexibility index (Phi) is 4.77. The van der Waals surface area contributed by atoms with Crippen LogP contribution in [0.3, 0.4) is 0 Å². The molecular formula is C17H10Cl2F3NO3. The second-order valence-electron chi connectivity index (χ2n) is 5.35. The van der Waals surface area contributed by atoms with Crippen LogP contribution in [0.4, 0.5) is 13.2 Å². The van der Waals surface area contributed by atoms with Crippen LogP contribution in [0.2, 0.25) is 10.0 Å². The lowest BCUT2D eigenvalue weighted by atomic mass is 10.2. The van der Waals surface area contributed by atoms with Gasteiger partial charge in [0.05, 0.1) is 26.8 Å². The molecule has 0 spiro atoms. The average Bonchev–Trinajstić information content (AvgIpc) is 2.94. The van der Waals surface area contributed by atoms with E-state index in [0.29, 0.717) is 5.52 Å². The van der Waals surface area contributed by atoms with E-state index in [2.05, 4.69) is 4.89 Å². The van der Waals surface area contributed by atoms with Gasteiger partial charge in [0.2, 0.25) is 0 Å². The van der Waals surface area contributed by atoms with E-state index in [-0.39, 0.29) is 21.5 Å². The van der Waals surface area contributed by atoms with Gasteiger partial charge in [-0.15, -0.1) is 0 Å². The number of aromatic nitrogens is 1. The number of hydrogen-bond donors (Lipinski definition) is 0. The van der Waals surface area contributed by atoms with Crippen molar-refractivity contribution in [3.63, 3.8) is 0 Å². The van der Waals surface area contributed by atoms with Crippen molar-refractivity contribution >= 4 is 40.1 Å². The van der Waals surface area contributed by atoms with Crippen molar-refractivity contribution in [3.8, 4) is 11.4 Å². The molecular weight excluding hydrogens is 394 g/mol. The van der Waals surface area contributed by atoms with Gasteiger partial charge in [0.1, 0.15) is 0 Å². The summed E-state index contributed by atoms with van der Waals surface area (Å²) in [6.07, 6.45) is -2.95. The third kappa shape index (κ3) is 3.59. The molecule has 0 aliphatic rings. The number of rotatable bonds is 3. The Morgan fingerprint density at radius 1 is 1.08 bits per heavy atom. The molecule has 0 saturated carbocycles. The molecule has 3 aromatic rings. The molecule has 0 amide bonds. The van der Waals surface area contributed by atoms with E-state index in [0.717, 1.165) is 17.5 Å². The van der Waals surface area contributed by atoms with Crippen molar-refractivity contribution < 1.29 is 27.7 Å². The highest BCUT2D eigenvalue weighted by atomic mass is 35.5. The van der Waals surface area contributed by atoms with Crippen LogP contribution in [-0.4, -0.2) is 10.5 Å². The average molecular weight is 404 g/mol.